The van der Waals surface area contributed by atoms with E-state index >= 15 is 0 Å². The van der Waals surface area contributed by atoms with Gasteiger partial charge in [-0.3, -0.25) is 9.48 Å². The Morgan fingerprint density at radius 1 is 1.28 bits per heavy atom. The standard InChI is InChI=1S/C19H23FN4O/c1-23-17-6-4-5-16(14(17)12-21-23)22-19(25)13-7-8-18(15(20)11-13)24-9-2-3-10-24/h7-8,11-12,16H,2-6,9-10H2,1H3,(H,22,25)/t16-/m0/s1. The number of nitrogens with one attached hydrogen (secondary N) is 1. The first-order valence-corrected chi connectivity index (χ1v) is 8.99. The van der Waals surface area contributed by atoms with Crippen molar-refractivity contribution in [2.75, 3.05) is 18.0 Å². The van der Waals surface area contributed by atoms with E-state index < -0.39 is 0 Å². The molecule has 5 nitrogen and oxygen atoms in total. The minimum atomic E-state index is -0.319. The van der Waals surface area contributed by atoms with Crippen molar-refractivity contribution in [2.24, 2.45) is 7.05 Å². The van der Waals surface area contributed by atoms with Gasteiger partial charge >= 0.3 is 0 Å². The maximum atomic E-state index is 14.4. The molecule has 2 aliphatic rings. The zero-order valence-electron chi connectivity index (χ0n) is 14.5. The maximum Gasteiger partial charge on any atom is 0.251 e. The van der Waals surface area contributed by atoms with Crippen molar-refractivity contribution < 1.29 is 9.18 Å². The lowest BCUT2D eigenvalue weighted by molar-refractivity contribution is 0.0932. The van der Waals surface area contributed by atoms with Crippen LogP contribution in [-0.4, -0.2) is 28.8 Å². The number of anilines is 1. The summed E-state index contributed by atoms with van der Waals surface area (Å²) >= 11 is 0. The summed E-state index contributed by atoms with van der Waals surface area (Å²) in [4.78, 5) is 14.6. The summed E-state index contributed by atoms with van der Waals surface area (Å²) in [6.07, 6.45) is 6.90. The van der Waals surface area contributed by atoms with Crippen molar-refractivity contribution in [3.8, 4) is 0 Å². The fourth-order valence-electron chi connectivity index (χ4n) is 3.96. The normalized spacial score (nSPS) is 19.8. The number of benzene rings is 1. The zero-order chi connectivity index (χ0) is 17.4. The Morgan fingerprint density at radius 3 is 2.84 bits per heavy atom. The van der Waals surface area contributed by atoms with Crippen LogP contribution in [0.15, 0.2) is 24.4 Å². The van der Waals surface area contributed by atoms with Crippen molar-refractivity contribution in [1.82, 2.24) is 15.1 Å². The number of hydrogen-bond acceptors (Lipinski definition) is 3. The zero-order valence-corrected chi connectivity index (χ0v) is 14.5. The quantitative estimate of drug-likeness (QED) is 0.933. The van der Waals surface area contributed by atoms with Gasteiger partial charge in [-0.25, -0.2) is 4.39 Å². The molecule has 1 aliphatic heterocycles. The number of rotatable bonds is 3. The molecule has 1 N–H and O–H groups in total. The number of amides is 1. The molecule has 1 amide bonds. The Hall–Kier alpha value is -2.37. The molecular weight excluding hydrogens is 319 g/mol. The van der Waals surface area contributed by atoms with Gasteiger partial charge in [0.1, 0.15) is 5.82 Å². The first kappa shape index (κ1) is 16.1. The van der Waals surface area contributed by atoms with Crippen LogP contribution in [0.1, 0.15) is 53.3 Å². The SMILES string of the molecule is Cn1ncc2c1CCC[C@@H]2NC(=O)c1ccc(N2CCCC2)c(F)c1. The first-order chi connectivity index (χ1) is 12.1. The predicted octanol–water partition coefficient (Wildman–Crippen LogP) is 2.97. The average molecular weight is 342 g/mol. The van der Waals surface area contributed by atoms with Gasteiger partial charge in [-0.05, 0) is 50.3 Å². The second kappa shape index (κ2) is 6.50. The van der Waals surface area contributed by atoms with Crippen molar-refractivity contribution in [3.05, 3.63) is 47.0 Å². The van der Waals surface area contributed by atoms with Crippen molar-refractivity contribution in [3.63, 3.8) is 0 Å². The number of carbonyl (C=O) groups is 1. The molecular formula is C19H23FN4O. The van der Waals surface area contributed by atoms with Gasteiger partial charge in [-0.2, -0.15) is 5.10 Å². The average Bonchev–Trinajstić information content (AvgIpc) is 3.26. The summed E-state index contributed by atoms with van der Waals surface area (Å²) in [6, 6.07) is 4.76. The van der Waals surface area contributed by atoms with Crippen LogP contribution >= 0.6 is 0 Å². The van der Waals surface area contributed by atoms with E-state index in [1.807, 2.05) is 22.8 Å². The monoisotopic (exact) mass is 342 g/mol. The van der Waals surface area contributed by atoms with Crippen molar-refractivity contribution >= 4 is 11.6 Å². The van der Waals surface area contributed by atoms with Crippen LogP contribution in [0.2, 0.25) is 0 Å². The molecule has 0 unspecified atom stereocenters. The van der Waals surface area contributed by atoms with Crippen LogP contribution in [-0.2, 0) is 13.5 Å². The Kier molecular flexibility index (Phi) is 4.19. The topological polar surface area (TPSA) is 50.2 Å². The summed E-state index contributed by atoms with van der Waals surface area (Å²) in [6.45, 7) is 1.77. The van der Waals surface area contributed by atoms with Gasteiger partial charge in [-0.1, -0.05) is 0 Å². The highest BCUT2D eigenvalue weighted by Gasteiger charge is 2.25. The number of aromatic nitrogens is 2. The number of carbonyl (C=O) groups excluding carboxylic acids is 1. The molecule has 0 bridgehead atoms. The van der Waals surface area contributed by atoms with Gasteiger partial charge in [0.15, 0.2) is 0 Å². The van der Waals surface area contributed by atoms with Crippen LogP contribution in [0, 0.1) is 5.82 Å². The van der Waals surface area contributed by atoms with Crippen LogP contribution in [0.4, 0.5) is 10.1 Å². The summed E-state index contributed by atoms with van der Waals surface area (Å²) < 4.78 is 16.3. The third-order valence-corrected chi connectivity index (χ3v) is 5.34. The third-order valence-electron chi connectivity index (χ3n) is 5.34. The molecule has 0 spiro atoms. The van der Waals surface area contributed by atoms with E-state index in [0.29, 0.717) is 11.3 Å². The van der Waals surface area contributed by atoms with Crippen molar-refractivity contribution in [1.29, 1.82) is 0 Å². The summed E-state index contributed by atoms with van der Waals surface area (Å²) in [7, 11) is 1.93. The van der Waals surface area contributed by atoms with E-state index in [1.165, 1.54) is 11.8 Å². The fourth-order valence-corrected chi connectivity index (χ4v) is 3.96. The highest BCUT2D eigenvalue weighted by molar-refractivity contribution is 5.95. The highest BCUT2D eigenvalue weighted by Crippen LogP contribution is 2.30. The van der Waals surface area contributed by atoms with Crippen LogP contribution in [0.25, 0.3) is 0 Å². The second-order valence-electron chi connectivity index (χ2n) is 6.95. The van der Waals surface area contributed by atoms with E-state index in [9.17, 15) is 9.18 Å². The predicted molar refractivity (Wildman–Crippen MR) is 94.2 cm³/mol. The molecule has 0 radical (unpaired) electrons. The number of halogens is 1. The first-order valence-electron chi connectivity index (χ1n) is 8.99. The Balaban J connectivity index is 1.51. The lowest BCUT2D eigenvalue weighted by Gasteiger charge is -2.24. The van der Waals surface area contributed by atoms with E-state index in [1.54, 1.807) is 12.1 Å². The van der Waals surface area contributed by atoms with E-state index in [0.717, 1.165) is 50.8 Å². The summed E-state index contributed by atoms with van der Waals surface area (Å²) in [5.74, 6) is -0.547. The van der Waals surface area contributed by atoms with Crippen LogP contribution in [0.5, 0.6) is 0 Å². The summed E-state index contributed by atoms with van der Waals surface area (Å²) in [5.41, 5.74) is 3.22. The second-order valence-corrected chi connectivity index (χ2v) is 6.95. The molecule has 1 fully saturated rings. The third kappa shape index (κ3) is 3.01. The highest BCUT2D eigenvalue weighted by atomic mass is 19.1. The van der Waals surface area contributed by atoms with E-state index in [-0.39, 0.29) is 17.8 Å². The largest absolute Gasteiger partial charge is 0.369 e. The number of hydrogen-bond donors (Lipinski definition) is 1. The van der Waals surface area contributed by atoms with E-state index in [4.69, 9.17) is 0 Å². The van der Waals surface area contributed by atoms with Gasteiger partial charge in [-0.15, -0.1) is 0 Å². The molecule has 1 saturated heterocycles. The van der Waals surface area contributed by atoms with Gasteiger partial charge < -0.3 is 10.2 Å². The molecule has 1 aromatic carbocycles. The number of aryl methyl sites for hydroxylation is 1. The molecule has 0 saturated carbocycles. The van der Waals surface area contributed by atoms with Gasteiger partial charge in [0.2, 0.25) is 0 Å². The van der Waals surface area contributed by atoms with Gasteiger partial charge in [0.05, 0.1) is 17.9 Å². The molecule has 6 heteroatoms. The molecule has 4 rings (SSSR count). The van der Waals surface area contributed by atoms with Crippen LogP contribution < -0.4 is 10.2 Å². The molecule has 1 aliphatic carbocycles. The maximum absolute atomic E-state index is 14.4. The van der Waals surface area contributed by atoms with Crippen LogP contribution in [0.3, 0.4) is 0 Å². The summed E-state index contributed by atoms with van der Waals surface area (Å²) in [5, 5.41) is 7.35. The Morgan fingerprint density at radius 2 is 2.08 bits per heavy atom. The Bertz CT molecular complexity index is 795. The molecule has 132 valence electrons. The Labute approximate surface area is 146 Å². The lowest BCUT2D eigenvalue weighted by atomic mass is 9.92. The lowest BCUT2D eigenvalue weighted by Crippen LogP contribution is -2.31. The van der Waals surface area contributed by atoms with Gasteiger partial charge in [0.25, 0.3) is 5.91 Å². The smallest absolute Gasteiger partial charge is 0.251 e. The number of nitrogens with zero attached hydrogens (tertiary/aromatic N) is 3. The minimum Gasteiger partial charge on any atom is -0.369 e. The van der Waals surface area contributed by atoms with E-state index in [2.05, 4.69) is 10.4 Å². The number of fused-ring (bicyclic) bond motifs is 1. The minimum absolute atomic E-state index is 0.0498. The molecule has 1 atom stereocenters. The molecule has 25 heavy (non-hydrogen) atoms. The van der Waals surface area contributed by atoms with Crippen molar-refractivity contribution in [2.45, 2.75) is 38.1 Å². The fraction of sp³-hybridized carbons (Fsp3) is 0.474. The molecule has 2 heterocycles. The molecule has 1 aromatic heterocycles. The van der Waals surface area contributed by atoms with Gasteiger partial charge in [0, 0.05) is 37.0 Å². The molecule has 2 aromatic rings.